The lowest BCUT2D eigenvalue weighted by atomic mass is 9.96. The van der Waals surface area contributed by atoms with Gasteiger partial charge in [0.25, 0.3) is 0 Å². The molecular weight excluding hydrogens is 282 g/mol. The average Bonchev–Trinajstić information content (AvgIpc) is 2.56. The molecule has 2 N–H and O–H groups in total. The van der Waals surface area contributed by atoms with Crippen LogP contribution in [-0.4, -0.2) is 49.1 Å². The number of benzene rings is 1. The molecule has 0 heterocycles. The first kappa shape index (κ1) is 22.1. The zero-order valence-corrected chi connectivity index (χ0v) is 16.3. The summed E-state index contributed by atoms with van der Waals surface area (Å²) in [5.74, 6) is 0. The summed E-state index contributed by atoms with van der Waals surface area (Å²) in [7, 11) is 0. The zero-order chi connectivity index (χ0) is 17.7. The van der Waals surface area contributed by atoms with Crippen molar-refractivity contribution in [3.05, 3.63) is 35.9 Å². The van der Waals surface area contributed by atoms with E-state index in [9.17, 15) is 0 Å². The van der Waals surface area contributed by atoms with Crippen molar-refractivity contribution in [2.45, 2.75) is 53.5 Å². The van der Waals surface area contributed by atoms with E-state index < -0.39 is 0 Å². The SMILES string of the molecule is CC(C)(N)c1ccccc1.CCN(CC)CCCN(CC)CC. The van der Waals surface area contributed by atoms with Gasteiger partial charge in [-0.15, -0.1) is 0 Å². The van der Waals surface area contributed by atoms with Crippen molar-refractivity contribution in [3.8, 4) is 0 Å². The minimum absolute atomic E-state index is 0.207. The van der Waals surface area contributed by atoms with E-state index in [-0.39, 0.29) is 5.54 Å². The van der Waals surface area contributed by atoms with Gasteiger partial charge in [0, 0.05) is 5.54 Å². The molecule has 0 spiro atoms. The molecule has 23 heavy (non-hydrogen) atoms. The molecule has 0 saturated carbocycles. The van der Waals surface area contributed by atoms with E-state index in [1.165, 1.54) is 51.3 Å². The number of hydrogen-bond donors (Lipinski definition) is 1. The first-order valence-corrected chi connectivity index (χ1v) is 9.18. The monoisotopic (exact) mass is 321 g/mol. The van der Waals surface area contributed by atoms with Crippen LogP contribution in [0.2, 0.25) is 0 Å². The molecule has 0 atom stereocenters. The Labute approximate surface area is 144 Å². The molecule has 0 bridgehead atoms. The third kappa shape index (κ3) is 10.5. The van der Waals surface area contributed by atoms with Gasteiger partial charge >= 0.3 is 0 Å². The highest BCUT2D eigenvalue weighted by Gasteiger charge is 2.11. The molecule has 3 nitrogen and oxygen atoms in total. The Kier molecular flexibility index (Phi) is 12.0. The molecule has 0 radical (unpaired) electrons. The van der Waals surface area contributed by atoms with Crippen LogP contribution in [0, 0.1) is 0 Å². The van der Waals surface area contributed by atoms with Gasteiger partial charge in [0.05, 0.1) is 0 Å². The van der Waals surface area contributed by atoms with Crippen LogP contribution in [-0.2, 0) is 5.54 Å². The predicted octanol–water partition coefficient (Wildman–Crippen LogP) is 3.94. The van der Waals surface area contributed by atoms with Gasteiger partial charge in [0.2, 0.25) is 0 Å². The molecule has 3 heteroatoms. The average molecular weight is 322 g/mol. The van der Waals surface area contributed by atoms with Crippen molar-refractivity contribution in [2.75, 3.05) is 39.3 Å². The quantitative estimate of drug-likeness (QED) is 0.748. The molecule has 134 valence electrons. The highest BCUT2D eigenvalue weighted by Crippen LogP contribution is 2.14. The molecule has 0 unspecified atom stereocenters. The summed E-state index contributed by atoms with van der Waals surface area (Å²) in [6.45, 7) is 20.2. The summed E-state index contributed by atoms with van der Waals surface area (Å²) in [4.78, 5) is 4.98. The third-order valence-corrected chi connectivity index (χ3v) is 4.26. The first-order valence-electron chi connectivity index (χ1n) is 9.18. The molecule has 0 aromatic heterocycles. The summed E-state index contributed by atoms with van der Waals surface area (Å²) < 4.78 is 0. The van der Waals surface area contributed by atoms with E-state index >= 15 is 0 Å². The number of nitrogens with two attached hydrogens (primary N) is 1. The van der Waals surface area contributed by atoms with Gasteiger partial charge in [0.1, 0.15) is 0 Å². The minimum atomic E-state index is -0.207. The fourth-order valence-corrected chi connectivity index (χ4v) is 2.47. The van der Waals surface area contributed by atoms with Crippen LogP contribution < -0.4 is 5.73 Å². The van der Waals surface area contributed by atoms with Crippen molar-refractivity contribution in [1.29, 1.82) is 0 Å². The standard InChI is InChI=1S/C11H26N2.C9H13N/c1-5-12(6-2)10-9-11-13(7-3)8-4;1-9(2,10)8-6-4-3-5-7-8/h5-11H2,1-4H3;3-7H,10H2,1-2H3. The van der Waals surface area contributed by atoms with Gasteiger partial charge in [-0.1, -0.05) is 58.0 Å². The van der Waals surface area contributed by atoms with Gasteiger partial charge in [-0.3, -0.25) is 0 Å². The lowest BCUT2D eigenvalue weighted by Crippen LogP contribution is -2.29. The summed E-state index contributed by atoms with van der Waals surface area (Å²) in [6, 6.07) is 10.1. The second-order valence-electron chi connectivity index (χ2n) is 6.50. The highest BCUT2D eigenvalue weighted by molar-refractivity contribution is 5.21. The van der Waals surface area contributed by atoms with Crippen molar-refractivity contribution >= 4 is 0 Å². The van der Waals surface area contributed by atoms with E-state index in [0.717, 1.165) is 0 Å². The summed E-state index contributed by atoms with van der Waals surface area (Å²) in [6.07, 6.45) is 1.31. The van der Waals surface area contributed by atoms with Crippen molar-refractivity contribution in [1.82, 2.24) is 9.80 Å². The maximum absolute atomic E-state index is 5.86. The summed E-state index contributed by atoms with van der Waals surface area (Å²) in [5, 5.41) is 0. The Bertz CT molecular complexity index is 350. The smallest absolute Gasteiger partial charge is 0.0352 e. The van der Waals surface area contributed by atoms with Crippen LogP contribution >= 0.6 is 0 Å². The predicted molar refractivity (Wildman–Crippen MR) is 104 cm³/mol. The van der Waals surface area contributed by atoms with Gasteiger partial charge in [0.15, 0.2) is 0 Å². The van der Waals surface area contributed by atoms with Crippen LogP contribution in [0.5, 0.6) is 0 Å². The Hall–Kier alpha value is -0.900. The second kappa shape index (κ2) is 12.5. The Morgan fingerprint density at radius 1 is 0.783 bits per heavy atom. The van der Waals surface area contributed by atoms with Gasteiger partial charge < -0.3 is 15.5 Å². The molecule has 0 aliphatic heterocycles. The van der Waals surface area contributed by atoms with Gasteiger partial charge in [-0.05, 0) is 65.1 Å². The van der Waals surface area contributed by atoms with Crippen molar-refractivity contribution < 1.29 is 0 Å². The largest absolute Gasteiger partial charge is 0.322 e. The van der Waals surface area contributed by atoms with E-state index in [4.69, 9.17) is 5.73 Å². The molecule has 1 aromatic carbocycles. The lowest BCUT2D eigenvalue weighted by molar-refractivity contribution is 0.250. The van der Waals surface area contributed by atoms with Crippen LogP contribution in [0.3, 0.4) is 0 Å². The fourth-order valence-electron chi connectivity index (χ4n) is 2.47. The molecule has 0 aliphatic rings. The third-order valence-electron chi connectivity index (χ3n) is 4.26. The molecule has 0 aliphatic carbocycles. The van der Waals surface area contributed by atoms with Crippen LogP contribution in [0.4, 0.5) is 0 Å². The molecule has 0 saturated heterocycles. The number of rotatable bonds is 9. The van der Waals surface area contributed by atoms with Gasteiger partial charge in [-0.25, -0.2) is 0 Å². The van der Waals surface area contributed by atoms with E-state index in [1.807, 2.05) is 44.2 Å². The summed E-state index contributed by atoms with van der Waals surface area (Å²) in [5.41, 5.74) is 6.83. The van der Waals surface area contributed by atoms with E-state index in [1.54, 1.807) is 0 Å². The molecular formula is C20H39N3. The van der Waals surface area contributed by atoms with E-state index in [0.29, 0.717) is 0 Å². The fraction of sp³-hybridized carbons (Fsp3) is 0.700. The summed E-state index contributed by atoms with van der Waals surface area (Å²) >= 11 is 0. The normalized spacial score (nSPS) is 11.5. The molecule has 0 fully saturated rings. The topological polar surface area (TPSA) is 32.5 Å². The highest BCUT2D eigenvalue weighted by atomic mass is 15.1. The first-order chi connectivity index (χ1) is 10.9. The van der Waals surface area contributed by atoms with Crippen molar-refractivity contribution in [3.63, 3.8) is 0 Å². The van der Waals surface area contributed by atoms with E-state index in [2.05, 4.69) is 37.5 Å². The van der Waals surface area contributed by atoms with Gasteiger partial charge in [-0.2, -0.15) is 0 Å². The molecule has 1 rings (SSSR count). The van der Waals surface area contributed by atoms with Crippen LogP contribution in [0.1, 0.15) is 53.5 Å². The molecule has 1 aromatic rings. The maximum Gasteiger partial charge on any atom is 0.0352 e. The lowest BCUT2D eigenvalue weighted by Gasteiger charge is -2.21. The van der Waals surface area contributed by atoms with Crippen LogP contribution in [0.15, 0.2) is 30.3 Å². The second-order valence-corrected chi connectivity index (χ2v) is 6.50. The molecule has 0 amide bonds. The Morgan fingerprint density at radius 2 is 1.17 bits per heavy atom. The Balaban J connectivity index is 0.000000433. The maximum atomic E-state index is 5.86. The van der Waals surface area contributed by atoms with Crippen LogP contribution in [0.25, 0.3) is 0 Å². The minimum Gasteiger partial charge on any atom is -0.322 e. The number of hydrogen-bond acceptors (Lipinski definition) is 3. The Morgan fingerprint density at radius 3 is 1.43 bits per heavy atom. The zero-order valence-electron chi connectivity index (χ0n) is 16.3. The number of nitrogens with zero attached hydrogens (tertiary/aromatic N) is 2. The van der Waals surface area contributed by atoms with Crippen molar-refractivity contribution in [2.24, 2.45) is 5.73 Å².